The van der Waals surface area contributed by atoms with Gasteiger partial charge in [-0.25, -0.2) is 13.8 Å². The molecule has 0 saturated heterocycles. The van der Waals surface area contributed by atoms with E-state index in [-0.39, 0.29) is 11.6 Å². The van der Waals surface area contributed by atoms with Crippen molar-refractivity contribution in [2.24, 2.45) is 0 Å². The fourth-order valence-corrected chi connectivity index (χ4v) is 4.39. The number of hydrogen-bond acceptors (Lipinski definition) is 5. The highest BCUT2D eigenvalue weighted by molar-refractivity contribution is 5.97. The van der Waals surface area contributed by atoms with Crippen molar-refractivity contribution in [2.75, 3.05) is 14.1 Å². The monoisotopic (exact) mass is 481 g/mol. The van der Waals surface area contributed by atoms with Crippen LogP contribution in [-0.4, -0.2) is 49.1 Å². The second-order valence-electron chi connectivity index (χ2n) is 8.92. The van der Waals surface area contributed by atoms with Crippen LogP contribution in [0.2, 0.25) is 0 Å². The van der Waals surface area contributed by atoms with Crippen molar-refractivity contribution in [3.05, 3.63) is 84.3 Å². The van der Waals surface area contributed by atoms with E-state index in [9.17, 15) is 4.39 Å². The summed E-state index contributed by atoms with van der Waals surface area (Å²) in [7, 11) is 3.95. The zero-order chi connectivity index (χ0) is 24.8. The summed E-state index contributed by atoms with van der Waals surface area (Å²) >= 11 is 0. The van der Waals surface area contributed by atoms with Crippen molar-refractivity contribution in [2.45, 2.75) is 6.54 Å². The van der Waals surface area contributed by atoms with Crippen molar-refractivity contribution in [1.82, 2.24) is 35.0 Å². The molecule has 4 heterocycles. The molecular formula is C27H21F2N7. The summed E-state index contributed by atoms with van der Waals surface area (Å²) in [4.78, 5) is 18.9. The minimum atomic E-state index is -0.367. The Kier molecular flexibility index (Phi) is 5.26. The van der Waals surface area contributed by atoms with Gasteiger partial charge in [0.2, 0.25) is 0 Å². The molecule has 0 atom stereocenters. The lowest BCUT2D eigenvalue weighted by Gasteiger charge is -2.11. The van der Waals surface area contributed by atoms with Crippen LogP contribution in [0.5, 0.6) is 0 Å². The highest BCUT2D eigenvalue weighted by atomic mass is 19.1. The first kappa shape index (κ1) is 22.0. The van der Waals surface area contributed by atoms with Crippen LogP contribution in [0, 0.1) is 11.6 Å². The Balaban J connectivity index is 1.47. The molecule has 6 aromatic rings. The van der Waals surface area contributed by atoms with Gasteiger partial charge < -0.3 is 9.88 Å². The Morgan fingerprint density at radius 2 is 1.72 bits per heavy atom. The van der Waals surface area contributed by atoms with Crippen molar-refractivity contribution < 1.29 is 8.78 Å². The molecule has 4 aromatic heterocycles. The Bertz CT molecular complexity index is 1720. The third kappa shape index (κ3) is 3.89. The molecule has 0 unspecified atom stereocenters. The molecule has 0 aliphatic carbocycles. The molecule has 0 saturated carbocycles. The number of aromatic nitrogens is 6. The molecule has 2 aromatic carbocycles. The molecule has 0 aliphatic heterocycles. The quantitative estimate of drug-likeness (QED) is 0.336. The van der Waals surface area contributed by atoms with Crippen LogP contribution < -0.4 is 0 Å². The van der Waals surface area contributed by atoms with E-state index >= 15 is 4.39 Å². The molecule has 2 N–H and O–H groups in total. The van der Waals surface area contributed by atoms with Crippen molar-refractivity contribution >= 4 is 21.9 Å². The number of pyridine rings is 2. The molecule has 9 heteroatoms. The van der Waals surface area contributed by atoms with Gasteiger partial charge in [-0.15, -0.1) is 0 Å². The summed E-state index contributed by atoms with van der Waals surface area (Å²) < 4.78 is 28.5. The van der Waals surface area contributed by atoms with Gasteiger partial charge in [0.25, 0.3) is 0 Å². The molecule has 0 bridgehead atoms. The van der Waals surface area contributed by atoms with Crippen LogP contribution in [0.1, 0.15) is 5.56 Å². The van der Waals surface area contributed by atoms with Crippen molar-refractivity contribution in [3.63, 3.8) is 0 Å². The van der Waals surface area contributed by atoms with E-state index in [1.165, 1.54) is 18.2 Å². The van der Waals surface area contributed by atoms with Crippen molar-refractivity contribution in [3.8, 4) is 33.9 Å². The first-order valence-corrected chi connectivity index (χ1v) is 11.3. The fraction of sp³-hybridized carbons (Fsp3) is 0.111. The summed E-state index contributed by atoms with van der Waals surface area (Å²) in [6, 6.07) is 13.1. The molecule has 36 heavy (non-hydrogen) atoms. The van der Waals surface area contributed by atoms with Gasteiger partial charge in [0.1, 0.15) is 22.8 Å². The second kappa shape index (κ2) is 8.62. The number of nitrogens with one attached hydrogen (secondary N) is 2. The second-order valence-corrected chi connectivity index (χ2v) is 8.92. The number of nitrogens with zero attached hydrogens (tertiary/aromatic N) is 5. The van der Waals surface area contributed by atoms with Gasteiger partial charge in [0.05, 0.1) is 16.7 Å². The highest BCUT2D eigenvalue weighted by Crippen LogP contribution is 2.34. The lowest BCUT2D eigenvalue weighted by molar-refractivity contribution is 0.402. The third-order valence-electron chi connectivity index (χ3n) is 6.00. The van der Waals surface area contributed by atoms with E-state index in [0.717, 1.165) is 22.0 Å². The van der Waals surface area contributed by atoms with E-state index in [1.54, 1.807) is 36.8 Å². The average molecular weight is 482 g/mol. The average Bonchev–Trinajstić information content (AvgIpc) is 3.47. The zero-order valence-corrected chi connectivity index (χ0v) is 19.5. The number of aromatic amines is 2. The lowest BCUT2D eigenvalue weighted by atomic mass is 10.0. The maximum Gasteiger partial charge on any atom is 0.159 e. The van der Waals surface area contributed by atoms with Crippen LogP contribution in [0.25, 0.3) is 55.8 Å². The van der Waals surface area contributed by atoms with Gasteiger partial charge in [0, 0.05) is 53.3 Å². The topological polar surface area (TPSA) is 86.4 Å². The van der Waals surface area contributed by atoms with Gasteiger partial charge >= 0.3 is 0 Å². The van der Waals surface area contributed by atoms with E-state index in [4.69, 9.17) is 4.98 Å². The summed E-state index contributed by atoms with van der Waals surface area (Å²) in [6.45, 7) is 0.699. The van der Waals surface area contributed by atoms with E-state index in [2.05, 4.69) is 25.1 Å². The maximum absolute atomic E-state index is 15.1. The molecule has 6 rings (SSSR count). The summed E-state index contributed by atoms with van der Waals surface area (Å²) in [5.74, 6) is -0.166. The number of fused-ring (bicyclic) bond motifs is 2. The number of hydrogen-bond donors (Lipinski definition) is 2. The predicted octanol–water partition coefficient (Wildman–Crippen LogP) is 5.57. The maximum atomic E-state index is 15.1. The van der Waals surface area contributed by atoms with E-state index in [0.29, 0.717) is 45.9 Å². The Morgan fingerprint density at radius 3 is 2.53 bits per heavy atom. The van der Waals surface area contributed by atoms with Crippen LogP contribution in [0.15, 0.2) is 67.1 Å². The van der Waals surface area contributed by atoms with Gasteiger partial charge in [-0.1, -0.05) is 0 Å². The molecule has 0 spiro atoms. The van der Waals surface area contributed by atoms with Crippen LogP contribution >= 0.6 is 0 Å². The number of imidazole rings is 1. The molecule has 0 amide bonds. The molecule has 0 radical (unpaired) electrons. The van der Waals surface area contributed by atoms with Crippen LogP contribution in [0.3, 0.4) is 0 Å². The Labute approximate surface area is 204 Å². The van der Waals surface area contributed by atoms with Gasteiger partial charge in [-0.05, 0) is 62.1 Å². The molecule has 0 aliphatic rings. The van der Waals surface area contributed by atoms with E-state index < -0.39 is 0 Å². The van der Waals surface area contributed by atoms with Gasteiger partial charge in [-0.2, -0.15) is 5.10 Å². The fourth-order valence-electron chi connectivity index (χ4n) is 4.39. The summed E-state index contributed by atoms with van der Waals surface area (Å²) in [5, 5.41) is 8.06. The SMILES string of the molecule is CN(C)Cc1cncc(-c2cc3c(-c4nc5c(-c6ccc(F)cc6)nccc5[nH]4)n[nH]c3cc2F)c1. The standard InChI is InChI=1S/C27H21F2N7/c1-36(2)14-15-9-17(13-30-12-15)19-10-20-23(11-21(19)29)34-35-25(20)27-32-22-7-8-31-24(26(22)33-27)16-3-5-18(28)6-4-16/h3-13H,14H2,1-2H3,(H,32,33)(H,34,35). The molecule has 7 nitrogen and oxygen atoms in total. The van der Waals surface area contributed by atoms with E-state index in [1.807, 2.05) is 31.1 Å². The van der Waals surface area contributed by atoms with Crippen LogP contribution in [0.4, 0.5) is 8.78 Å². The lowest BCUT2D eigenvalue weighted by Crippen LogP contribution is -2.10. The summed E-state index contributed by atoms with van der Waals surface area (Å²) in [6.07, 6.45) is 5.11. The first-order valence-electron chi connectivity index (χ1n) is 11.3. The minimum absolute atomic E-state index is 0.317. The number of rotatable bonds is 5. The smallest absolute Gasteiger partial charge is 0.159 e. The number of benzene rings is 2. The highest BCUT2D eigenvalue weighted by Gasteiger charge is 2.18. The Morgan fingerprint density at radius 1 is 0.889 bits per heavy atom. The largest absolute Gasteiger partial charge is 0.336 e. The van der Waals surface area contributed by atoms with Gasteiger partial charge in [0.15, 0.2) is 5.82 Å². The summed E-state index contributed by atoms with van der Waals surface area (Å²) in [5.41, 5.74) is 6.01. The third-order valence-corrected chi connectivity index (χ3v) is 6.00. The first-order chi connectivity index (χ1) is 17.5. The number of halogens is 2. The van der Waals surface area contributed by atoms with Crippen molar-refractivity contribution in [1.29, 1.82) is 0 Å². The molecule has 178 valence electrons. The molecule has 0 fully saturated rings. The Hall–Kier alpha value is -4.50. The normalized spacial score (nSPS) is 11.7. The molecular weight excluding hydrogens is 460 g/mol. The minimum Gasteiger partial charge on any atom is -0.336 e. The van der Waals surface area contributed by atoms with Crippen LogP contribution in [-0.2, 0) is 6.54 Å². The zero-order valence-electron chi connectivity index (χ0n) is 19.5. The van der Waals surface area contributed by atoms with Gasteiger partial charge in [-0.3, -0.25) is 15.1 Å². The predicted molar refractivity (Wildman–Crippen MR) is 135 cm³/mol. The number of H-pyrrole nitrogens is 2.